The summed E-state index contributed by atoms with van der Waals surface area (Å²) < 4.78 is 5.24. The first-order valence-electron chi connectivity index (χ1n) is 7.68. The zero-order valence-corrected chi connectivity index (χ0v) is 13.6. The standard InChI is InChI=1S/C17H24N2O3/c1-13-11-15(5-6-16(13)22-3)12-17(21)19-8-4-7-18(9-10-19)14(2)20/h5-6,11H,4,7-10,12H2,1-3H3. The van der Waals surface area contributed by atoms with Gasteiger partial charge in [0.25, 0.3) is 0 Å². The Hall–Kier alpha value is -2.04. The maximum absolute atomic E-state index is 12.5. The fourth-order valence-electron chi connectivity index (χ4n) is 2.82. The Kier molecular flexibility index (Phi) is 5.41. The summed E-state index contributed by atoms with van der Waals surface area (Å²) in [5.41, 5.74) is 2.03. The van der Waals surface area contributed by atoms with Gasteiger partial charge in [0.05, 0.1) is 13.5 Å². The second kappa shape index (κ2) is 7.29. The summed E-state index contributed by atoms with van der Waals surface area (Å²) in [4.78, 5) is 27.6. The number of ether oxygens (including phenoxy) is 1. The van der Waals surface area contributed by atoms with Crippen LogP contribution in [0.25, 0.3) is 0 Å². The molecule has 1 fully saturated rings. The van der Waals surface area contributed by atoms with E-state index in [4.69, 9.17) is 4.74 Å². The van der Waals surface area contributed by atoms with Gasteiger partial charge < -0.3 is 14.5 Å². The molecular formula is C17H24N2O3. The van der Waals surface area contributed by atoms with Gasteiger partial charge in [0.1, 0.15) is 5.75 Å². The molecule has 1 aliphatic heterocycles. The molecule has 5 heteroatoms. The molecule has 120 valence electrons. The third-order valence-corrected chi connectivity index (χ3v) is 4.11. The average molecular weight is 304 g/mol. The molecule has 1 saturated heterocycles. The highest BCUT2D eigenvalue weighted by molar-refractivity contribution is 5.79. The van der Waals surface area contributed by atoms with Crippen LogP contribution >= 0.6 is 0 Å². The van der Waals surface area contributed by atoms with Crippen LogP contribution in [0, 0.1) is 6.92 Å². The highest BCUT2D eigenvalue weighted by atomic mass is 16.5. The van der Waals surface area contributed by atoms with Crippen LogP contribution in [0.5, 0.6) is 5.75 Å². The fourth-order valence-corrected chi connectivity index (χ4v) is 2.82. The van der Waals surface area contributed by atoms with Crippen molar-refractivity contribution in [3.05, 3.63) is 29.3 Å². The molecule has 0 aromatic heterocycles. The van der Waals surface area contributed by atoms with E-state index < -0.39 is 0 Å². The highest BCUT2D eigenvalue weighted by Crippen LogP contribution is 2.19. The number of carbonyl (C=O) groups is 2. The molecule has 0 aliphatic carbocycles. The van der Waals surface area contributed by atoms with E-state index in [2.05, 4.69) is 0 Å². The minimum absolute atomic E-state index is 0.0834. The minimum atomic E-state index is 0.0834. The normalized spacial score (nSPS) is 15.4. The summed E-state index contributed by atoms with van der Waals surface area (Å²) in [6.45, 7) is 6.26. The quantitative estimate of drug-likeness (QED) is 0.853. The Morgan fingerprint density at radius 2 is 1.82 bits per heavy atom. The maximum Gasteiger partial charge on any atom is 0.227 e. The molecule has 1 aliphatic rings. The van der Waals surface area contributed by atoms with Crippen molar-refractivity contribution >= 4 is 11.8 Å². The number of amides is 2. The van der Waals surface area contributed by atoms with E-state index in [0.29, 0.717) is 19.5 Å². The van der Waals surface area contributed by atoms with Crippen molar-refractivity contribution in [2.24, 2.45) is 0 Å². The van der Waals surface area contributed by atoms with Crippen LogP contribution in [0.3, 0.4) is 0 Å². The predicted molar refractivity (Wildman–Crippen MR) is 84.9 cm³/mol. The first-order valence-corrected chi connectivity index (χ1v) is 7.68. The molecule has 1 heterocycles. The Morgan fingerprint density at radius 1 is 1.14 bits per heavy atom. The lowest BCUT2D eigenvalue weighted by molar-refractivity contribution is -0.132. The Balaban J connectivity index is 1.97. The lowest BCUT2D eigenvalue weighted by Crippen LogP contribution is -2.37. The first-order chi connectivity index (χ1) is 10.5. The van der Waals surface area contributed by atoms with E-state index >= 15 is 0 Å². The summed E-state index contributed by atoms with van der Waals surface area (Å²) in [5, 5.41) is 0. The zero-order valence-electron chi connectivity index (χ0n) is 13.6. The number of aryl methyl sites for hydroxylation is 1. The van der Waals surface area contributed by atoms with Crippen LogP contribution < -0.4 is 4.74 Å². The number of benzene rings is 1. The molecule has 0 N–H and O–H groups in total. The summed E-state index contributed by atoms with van der Waals surface area (Å²) >= 11 is 0. The van der Waals surface area contributed by atoms with Gasteiger partial charge in [0, 0.05) is 33.1 Å². The summed E-state index contributed by atoms with van der Waals surface area (Å²) in [7, 11) is 1.64. The molecule has 22 heavy (non-hydrogen) atoms. The minimum Gasteiger partial charge on any atom is -0.496 e. The number of hydrogen-bond acceptors (Lipinski definition) is 3. The van der Waals surface area contributed by atoms with Crippen LogP contribution in [-0.4, -0.2) is 54.9 Å². The van der Waals surface area contributed by atoms with Crippen LogP contribution in [0.1, 0.15) is 24.5 Å². The topological polar surface area (TPSA) is 49.9 Å². The van der Waals surface area contributed by atoms with Crippen molar-refractivity contribution in [1.82, 2.24) is 9.80 Å². The van der Waals surface area contributed by atoms with Crippen molar-refractivity contribution in [1.29, 1.82) is 0 Å². The third-order valence-electron chi connectivity index (χ3n) is 4.11. The Morgan fingerprint density at radius 3 is 2.45 bits per heavy atom. The van der Waals surface area contributed by atoms with Crippen molar-refractivity contribution in [2.45, 2.75) is 26.7 Å². The molecule has 0 saturated carbocycles. The van der Waals surface area contributed by atoms with E-state index in [1.54, 1.807) is 14.0 Å². The second-order valence-corrected chi connectivity index (χ2v) is 5.72. The van der Waals surface area contributed by atoms with E-state index in [9.17, 15) is 9.59 Å². The maximum atomic E-state index is 12.5. The molecule has 5 nitrogen and oxygen atoms in total. The largest absolute Gasteiger partial charge is 0.496 e. The van der Waals surface area contributed by atoms with E-state index in [-0.39, 0.29) is 11.8 Å². The van der Waals surface area contributed by atoms with E-state index in [1.165, 1.54) is 0 Å². The highest BCUT2D eigenvalue weighted by Gasteiger charge is 2.20. The SMILES string of the molecule is COc1ccc(CC(=O)N2CCCN(C(C)=O)CC2)cc1C. The summed E-state index contributed by atoms with van der Waals surface area (Å²) in [6.07, 6.45) is 1.23. The predicted octanol–water partition coefficient (Wildman–Crippen LogP) is 1.63. The molecule has 2 rings (SSSR count). The van der Waals surface area contributed by atoms with Crippen LogP contribution in [-0.2, 0) is 16.0 Å². The molecule has 0 unspecified atom stereocenters. The van der Waals surface area contributed by atoms with Gasteiger partial charge in [-0.2, -0.15) is 0 Å². The van der Waals surface area contributed by atoms with Gasteiger partial charge in [-0.1, -0.05) is 12.1 Å². The van der Waals surface area contributed by atoms with Gasteiger partial charge in [-0.15, -0.1) is 0 Å². The van der Waals surface area contributed by atoms with Gasteiger partial charge in [-0.3, -0.25) is 9.59 Å². The number of nitrogens with zero attached hydrogens (tertiary/aromatic N) is 2. The van der Waals surface area contributed by atoms with Crippen LogP contribution in [0.15, 0.2) is 18.2 Å². The molecule has 0 radical (unpaired) electrons. The third kappa shape index (κ3) is 4.00. The molecule has 2 amide bonds. The summed E-state index contributed by atoms with van der Waals surface area (Å²) in [5.74, 6) is 1.04. The van der Waals surface area contributed by atoms with Gasteiger partial charge in [-0.25, -0.2) is 0 Å². The number of carbonyl (C=O) groups excluding carboxylic acids is 2. The van der Waals surface area contributed by atoms with Crippen molar-refractivity contribution in [3.63, 3.8) is 0 Å². The lowest BCUT2D eigenvalue weighted by atomic mass is 10.1. The van der Waals surface area contributed by atoms with E-state index in [0.717, 1.165) is 36.4 Å². The van der Waals surface area contributed by atoms with Crippen molar-refractivity contribution < 1.29 is 14.3 Å². The average Bonchev–Trinajstić information content (AvgIpc) is 2.73. The molecule has 0 atom stereocenters. The van der Waals surface area contributed by atoms with Gasteiger partial charge in [0.2, 0.25) is 11.8 Å². The zero-order chi connectivity index (χ0) is 16.1. The number of hydrogen-bond donors (Lipinski definition) is 0. The van der Waals surface area contributed by atoms with Crippen LogP contribution in [0.2, 0.25) is 0 Å². The summed E-state index contributed by atoms with van der Waals surface area (Å²) in [6, 6.07) is 5.83. The molecule has 0 bridgehead atoms. The Labute approximate surface area is 131 Å². The van der Waals surface area contributed by atoms with Gasteiger partial charge in [0.15, 0.2) is 0 Å². The van der Waals surface area contributed by atoms with Crippen molar-refractivity contribution in [2.75, 3.05) is 33.3 Å². The fraction of sp³-hybridized carbons (Fsp3) is 0.529. The first kappa shape index (κ1) is 16.3. The van der Waals surface area contributed by atoms with Gasteiger partial charge in [-0.05, 0) is 30.5 Å². The molecular weight excluding hydrogens is 280 g/mol. The Bertz CT molecular complexity index is 557. The number of methoxy groups -OCH3 is 1. The van der Waals surface area contributed by atoms with Crippen LogP contribution in [0.4, 0.5) is 0 Å². The van der Waals surface area contributed by atoms with Gasteiger partial charge >= 0.3 is 0 Å². The molecule has 0 spiro atoms. The number of rotatable bonds is 3. The van der Waals surface area contributed by atoms with Crippen molar-refractivity contribution in [3.8, 4) is 5.75 Å². The lowest BCUT2D eigenvalue weighted by Gasteiger charge is -2.21. The smallest absolute Gasteiger partial charge is 0.227 e. The molecule has 1 aromatic carbocycles. The van der Waals surface area contributed by atoms with E-state index in [1.807, 2.05) is 34.9 Å². The monoisotopic (exact) mass is 304 g/mol. The molecule has 1 aromatic rings. The second-order valence-electron chi connectivity index (χ2n) is 5.72.